The number of nitrogens with one attached hydrogen (secondary N) is 1. The van der Waals surface area contributed by atoms with Gasteiger partial charge in [-0.05, 0) is 85.7 Å². The summed E-state index contributed by atoms with van der Waals surface area (Å²) in [5.41, 5.74) is 4.17. The number of carbonyl (C=O) groups excluding carboxylic acids is 1. The third-order valence-corrected chi connectivity index (χ3v) is 7.18. The van der Waals surface area contributed by atoms with E-state index in [1.165, 1.54) is 24.0 Å². The fraction of sp³-hybridized carbons (Fsp3) is 0.296. The zero-order valence-electron chi connectivity index (χ0n) is 19.5. The van der Waals surface area contributed by atoms with Gasteiger partial charge in [-0.25, -0.2) is 8.42 Å². The van der Waals surface area contributed by atoms with Crippen molar-refractivity contribution in [3.05, 3.63) is 89.5 Å². The highest BCUT2D eigenvalue weighted by Crippen LogP contribution is 2.27. The summed E-state index contributed by atoms with van der Waals surface area (Å²) in [7, 11) is -3.67. The molecular weight excluding hydrogens is 448 g/mol. The first kappa shape index (κ1) is 23.8. The molecule has 3 aromatic rings. The first-order valence-electron chi connectivity index (χ1n) is 11.5. The number of amides is 1. The standard InChI is InChI=1S/C27H30N2O4S/c1-20(22-13-12-21-8-6-7-9-23(21)18-22)28-27(30)19-29(34(2,31)32)24-14-16-26(17-15-24)33-25-10-4-3-5-11-25/h3-5,10-18,20H,6-9,19H2,1-2H3,(H,28,30)/t20-/m1/s1. The number of fused-ring (bicyclic) bond motifs is 1. The van der Waals surface area contributed by atoms with Crippen LogP contribution in [-0.2, 0) is 27.7 Å². The quantitative estimate of drug-likeness (QED) is 0.494. The Labute approximate surface area is 201 Å². The molecule has 1 aliphatic rings. The number of sulfonamides is 1. The van der Waals surface area contributed by atoms with E-state index >= 15 is 0 Å². The molecule has 0 saturated carbocycles. The van der Waals surface area contributed by atoms with Crippen molar-refractivity contribution in [3.8, 4) is 11.5 Å². The summed E-state index contributed by atoms with van der Waals surface area (Å²) in [5, 5.41) is 2.95. The van der Waals surface area contributed by atoms with Crippen LogP contribution in [0.1, 0.15) is 42.5 Å². The Bertz CT molecular complexity index is 1240. The molecule has 0 radical (unpaired) electrons. The van der Waals surface area contributed by atoms with Gasteiger partial charge in [0.1, 0.15) is 18.0 Å². The lowest BCUT2D eigenvalue weighted by atomic mass is 9.89. The van der Waals surface area contributed by atoms with Crippen LogP contribution in [0.25, 0.3) is 0 Å². The van der Waals surface area contributed by atoms with E-state index in [-0.39, 0.29) is 18.5 Å². The summed E-state index contributed by atoms with van der Waals surface area (Å²) in [5.74, 6) is 0.903. The van der Waals surface area contributed by atoms with Gasteiger partial charge in [-0.3, -0.25) is 9.10 Å². The predicted molar refractivity (Wildman–Crippen MR) is 135 cm³/mol. The molecule has 34 heavy (non-hydrogen) atoms. The van der Waals surface area contributed by atoms with E-state index < -0.39 is 10.0 Å². The van der Waals surface area contributed by atoms with Crippen LogP contribution in [0.5, 0.6) is 11.5 Å². The van der Waals surface area contributed by atoms with Crippen LogP contribution in [0.4, 0.5) is 5.69 Å². The minimum absolute atomic E-state index is 0.220. The smallest absolute Gasteiger partial charge is 0.241 e. The number of nitrogens with zero attached hydrogens (tertiary/aromatic N) is 1. The molecule has 0 saturated heterocycles. The lowest BCUT2D eigenvalue weighted by Crippen LogP contribution is -2.41. The molecular formula is C27H30N2O4S. The van der Waals surface area contributed by atoms with E-state index in [2.05, 4.69) is 23.5 Å². The van der Waals surface area contributed by atoms with Gasteiger partial charge in [0, 0.05) is 0 Å². The molecule has 7 heteroatoms. The van der Waals surface area contributed by atoms with E-state index in [0.29, 0.717) is 17.2 Å². The molecule has 1 atom stereocenters. The molecule has 3 aromatic carbocycles. The highest BCUT2D eigenvalue weighted by molar-refractivity contribution is 7.92. The number of benzene rings is 3. The van der Waals surface area contributed by atoms with Crippen molar-refractivity contribution in [2.24, 2.45) is 0 Å². The van der Waals surface area contributed by atoms with Gasteiger partial charge in [0.05, 0.1) is 18.0 Å². The van der Waals surface area contributed by atoms with Gasteiger partial charge in [0.25, 0.3) is 0 Å². The number of anilines is 1. The maximum Gasteiger partial charge on any atom is 0.241 e. The molecule has 4 rings (SSSR count). The summed E-state index contributed by atoms with van der Waals surface area (Å²) < 4.78 is 31.8. The Balaban J connectivity index is 1.43. The van der Waals surface area contributed by atoms with Crippen molar-refractivity contribution in [2.45, 2.75) is 38.6 Å². The van der Waals surface area contributed by atoms with Crippen LogP contribution in [0.2, 0.25) is 0 Å². The second kappa shape index (κ2) is 10.3. The Morgan fingerprint density at radius 1 is 0.941 bits per heavy atom. The van der Waals surface area contributed by atoms with Crippen molar-refractivity contribution in [1.29, 1.82) is 0 Å². The van der Waals surface area contributed by atoms with Gasteiger partial charge in [-0.15, -0.1) is 0 Å². The average molecular weight is 479 g/mol. The third-order valence-electron chi connectivity index (χ3n) is 6.04. The monoisotopic (exact) mass is 478 g/mol. The van der Waals surface area contributed by atoms with Gasteiger partial charge in [0.2, 0.25) is 15.9 Å². The Hall–Kier alpha value is -3.32. The Morgan fingerprint density at radius 3 is 2.26 bits per heavy atom. The summed E-state index contributed by atoms with van der Waals surface area (Å²) >= 11 is 0. The van der Waals surface area contributed by atoms with E-state index in [1.807, 2.05) is 37.3 Å². The lowest BCUT2D eigenvalue weighted by molar-refractivity contribution is -0.120. The van der Waals surface area contributed by atoms with Crippen LogP contribution >= 0.6 is 0 Å². The minimum atomic E-state index is -3.67. The lowest BCUT2D eigenvalue weighted by Gasteiger charge is -2.24. The second-order valence-corrected chi connectivity index (χ2v) is 10.6. The molecule has 0 unspecified atom stereocenters. The topological polar surface area (TPSA) is 75.7 Å². The second-order valence-electron chi connectivity index (χ2n) is 8.70. The summed E-state index contributed by atoms with van der Waals surface area (Å²) in [6.45, 7) is 1.62. The van der Waals surface area contributed by atoms with E-state index in [0.717, 1.165) is 29.0 Å². The van der Waals surface area contributed by atoms with E-state index in [1.54, 1.807) is 24.3 Å². The van der Waals surface area contributed by atoms with Gasteiger partial charge in [0.15, 0.2) is 0 Å². The summed E-state index contributed by atoms with van der Waals surface area (Å²) in [4.78, 5) is 12.8. The average Bonchev–Trinajstić information content (AvgIpc) is 2.83. The number of hydrogen-bond acceptors (Lipinski definition) is 4. The van der Waals surface area contributed by atoms with E-state index in [4.69, 9.17) is 4.74 Å². The summed E-state index contributed by atoms with van der Waals surface area (Å²) in [6, 6.07) is 22.1. The van der Waals surface area contributed by atoms with Gasteiger partial charge in [-0.1, -0.05) is 36.4 Å². The van der Waals surface area contributed by atoms with Gasteiger partial charge in [-0.2, -0.15) is 0 Å². The Kier molecular flexibility index (Phi) is 7.22. The Morgan fingerprint density at radius 2 is 1.59 bits per heavy atom. The maximum absolute atomic E-state index is 12.8. The highest BCUT2D eigenvalue weighted by Gasteiger charge is 2.22. The largest absolute Gasteiger partial charge is 0.457 e. The molecule has 1 N–H and O–H groups in total. The van der Waals surface area contributed by atoms with Crippen molar-refractivity contribution in [3.63, 3.8) is 0 Å². The predicted octanol–water partition coefficient (Wildman–Crippen LogP) is 5.00. The van der Waals surface area contributed by atoms with Crippen molar-refractivity contribution in [2.75, 3.05) is 17.1 Å². The van der Waals surface area contributed by atoms with Gasteiger partial charge < -0.3 is 10.1 Å². The van der Waals surface area contributed by atoms with Crippen LogP contribution in [0.3, 0.4) is 0 Å². The van der Waals surface area contributed by atoms with Crippen molar-refractivity contribution < 1.29 is 17.9 Å². The molecule has 0 bridgehead atoms. The van der Waals surface area contributed by atoms with Crippen LogP contribution in [0, 0.1) is 0 Å². The molecule has 0 aliphatic heterocycles. The van der Waals surface area contributed by atoms with Crippen molar-refractivity contribution >= 4 is 21.6 Å². The number of hydrogen-bond donors (Lipinski definition) is 1. The molecule has 0 aromatic heterocycles. The highest BCUT2D eigenvalue weighted by atomic mass is 32.2. The minimum Gasteiger partial charge on any atom is -0.457 e. The SMILES string of the molecule is C[C@@H](NC(=O)CN(c1ccc(Oc2ccccc2)cc1)S(C)(=O)=O)c1ccc2c(c1)CCCC2. The van der Waals surface area contributed by atoms with Crippen LogP contribution in [0.15, 0.2) is 72.8 Å². The molecule has 0 spiro atoms. The number of para-hydroxylation sites is 1. The number of rotatable bonds is 8. The molecule has 0 fully saturated rings. The van der Waals surface area contributed by atoms with Gasteiger partial charge >= 0.3 is 0 Å². The molecule has 0 heterocycles. The number of ether oxygens (including phenoxy) is 1. The first-order valence-corrected chi connectivity index (χ1v) is 13.4. The normalized spacial score (nSPS) is 14.1. The maximum atomic E-state index is 12.8. The fourth-order valence-corrected chi connectivity index (χ4v) is 5.09. The fourth-order valence-electron chi connectivity index (χ4n) is 4.23. The molecule has 178 valence electrons. The molecule has 6 nitrogen and oxygen atoms in total. The zero-order chi connectivity index (χ0) is 24.1. The third kappa shape index (κ3) is 5.97. The molecule has 1 aliphatic carbocycles. The van der Waals surface area contributed by atoms with E-state index in [9.17, 15) is 13.2 Å². The molecule has 1 amide bonds. The summed E-state index contributed by atoms with van der Waals surface area (Å²) in [6.07, 6.45) is 5.68. The number of carbonyl (C=O) groups is 1. The van der Waals surface area contributed by atoms with Crippen molar-refractivity contribution in [1.82, 2.24) is 5.32 Å². The van der Waals surface area contributed by atoms with Crippen LogP contribution in [-0.4, -0.2) is 27.1 Å². The van der Waals surface area contributed by atoms with Crippen LogP contribution < -0.4 is 14.4 Å². The number of aryl methyl sites for hydroxylation is 2. The zero-order valence-corrected chi connectivity index (χ0v) is 20.3. The first-order chi connectivity index (χ1) is 16.3.